The van der Waals surface area contributed by atoms with Crippen LogP contribution in [0.4, 0.5) is 10.5 Å². The van der Waals surface area contributed by atoms with Crippen molar-refractivity contribution >= 4 is 17.6 Å². The molecule has 0 aliphatic carbocycles. The zero-order chi connectivity index (χ0) is 19.9. The average Bonchev–Trinajstić information content (AvgIpc) is 2.73. The van der Waals surface area contributed by atoms with Crippen LogP contribution in [0.1, 0.15) is 35.2 Å². The van der Waals surface area contributed by atoms with Crippen molar-refractivity contribution in [1.82, 2.24) is 4.90 Å². The maximum absolute atomic E-state index is 12.5. The highest BCUT2D eigenvalue weighted by Crippen LogP contribution is 2.24. The molecule has 6 nitrogen and oxygen atoms in total. The normalized spacial score (nSPS) is 15.8. The van der Waals surface area contributed by atoms with Crippen LogP contribution in [0.15, 0.2) is 54.6 Å². The van der Waals surface area contributed by atoms with Gasteiger partial charge in [0.05, 0.1) is 6.10 Å². The lowest BCUT2D eigenvalue weighted by molar-refractivity contribution is 0.0626. The van der Waals surface area contributed by atoms with Crippen LogP contribution in [-0.2, 0) is 6.42 Å². The Bertz CT molecular complexity index is 802. The number of nitrogens with zero attached hydrogens (tertiary/aromatic N) is 1. The highest BCUT2D eigenvalue weighted by atomic mass is 16.3. The zero-order valence-electron chi connectivity index (χ0n) is 15.9. The van der Waals surface area contributed by atoms with E-state index in [4.69, 9.17) is 5.73 Å². The minimum atomic E-state index is -0.526. The second-order valence-corrected chi connectivity index (χ2v) is 7.29. The standard InChI is InChI=1S/C22H27N3O3/c23-21(27)18-7-4-8-19(15-18)24-22(28)25-13-11-17(12-14-25)20(26)10-9-16-5-2-1-3-6-16/h1-8,15,17,20,26H,9-14H2,(H2,23,27)(H,24,28)/t20-/m1/s1. The Labute approximate surface area is 165 Å². The minimum Gasteiger partial charge on any atom is -0.393 e. The van der Waals surface area contributed by atoms with Gasteiger partial charge in [0.2, 0.25) is 5.91 Å². The number of anilines is 1. The van der Waals surface area contributed by atoms with Crippen molar-refractivity contribution in [3.63, 3.8) is 0 Å². The Kier molecular flexibility index (Phi) is 6.66. The summed E-state index contributed by atoms with van der Waals surface area (Å²) < 4.78 is 0. The fourth-order valence-electron chi connectivity index (χ4n) is 3.64. The lowest BCUT2D eigenvalue weighted by Gasteiger charge is -2.34. The molecule has 6 heteroatoms. The molecule has 28 heavy (non-hydrogen) atoms. The predicted molar refractivity (Wildman–Crippen MR) is 109 cm³/mol. The number of aliphatic hydroxyl groups is 1. The van der Waals surface area contributed by atoms with Gasteiger partial charge in [0.1, 0.15) is 0 Å². The summed E-state index contributed by atoms with van der Waals surface area (Å²) in [4.78, 5) is 25.5. The number of primary amides is 1. The molecule has 2 aromatic carbocycles. The van der Waals surface area contributed by atoms with Gasteiger partial charge in [-0.15, -0.1) is 0 Å². The molecule has 1 fully saturated rings. The number of hydrogen-bond acceptors (Lipinski definition) is 3. The van der Waals surface area contributed by atoms with Crippen LogP contribution in [0, 0.1) is 5.92 Å². The largest absolute Gasteiger partial charge is 0.393 e. The van der Waals surface area contributed by atoms with Crippen LogP contribution in [0.25, 0.3) is 0 Å². The molecule has 0 bridgehead atoms. The highest BCUT2D eigenvalue weighted by Gasteiger charge is 2.27. The first-order chi connectivity index (χ1) is 13.5. The number of benzene rings is 2. The summed E-state index contributed by atoms with van der Waals surface area (Å²) in [5.41, 5.74) is 7.42. The Balaban J connectivity index is 1.46. The molecule has 148 valence electrons. The van der Waals surface area contributed by atoms with Crippen molar-refractivity contribution in [2.45, 2.75) is 31.8 Å². The first-order valence-corrected chi connectivity index (χ1v) is 9.70. The van der Waals surface area contributed by atoms with Crippen molar-refractivity contribution in [3.8, 4) is 0 Å². The molecule has 0 saturated carbocycles. The van der Waals surface area contributed by atoms with E-state index in [0.29, 0.717) is 24.3 Å². The molecule has 1 saturated heterocycles. The minimum absolute atomic E-state index is 0.196. The van der Waals surface area contributed by atoms with Crippen molar-refractivity contribution < 1.29 is 14.7 Å². The summed E-state index contributed by atoms with van der Waals surface area (Å²) in [7, 11) is 0. The van der Waals surface area contributed by atoms with Crippen LogP contribution < -0.4 is 11.1 Å². The third-order valence-electron chi connectivity index (χ3n) is 5.34. The van der Waals surface area contributed by atoms with Crippen LogP contribution in [0.3, 0.4) is 0 Å². The second kappa shape index (κ2) is 9.37. The van der Waals surface area contributed by atoms with E-state index in [0.717, 1.165) is 25.7 Å². The summed E-state index contributed by atoms with van der Waals surface area (Å²) in [6, 6.07) is 16.6. The smallest absolute Gasteiger partial charge is 0.321 e. The maximum atomic E-state index is 12.5. The van der Waals surface area contributed by atoms with Gasteiger partial charge in [0.25, 0.3) is 0 Å². The Hall–Kier alpha value is -2.86. The van der Waals surface area contributed by atoms with Crippen molar-refractivity contribution in [1.29, 1.82) is 0 Å². The Morgan fingerprint density at radius 2 is 1.82 bits per heavy atom. The van der Waals surface area contributed by atoms with Gasteiger partial charge in [-0.1, -0.05) is 36.4 Å². The van der Waals surface area contributed by atoms with E-state index in [1.807, 2.05) is 18.2 Å². The fourth-order valence-corrected chi connectivity index (χ4v) is 3.64. The number of carbonyl (C=O) groups excluding carboxylic acids is 2. The molecule has 0 radical (unpaired) electrons. The second-order valence-electron chi connectivity index (χ2n) is 7.29. The third-order valence-corrected chi connectivity index (χ3v) is 5.34. The van der Waals surface area contributed by atoms with Gasteiger partial charge in [0, 0.05) is 24.3 Å². The number of nitrogens with two attached hydrogens (primary N) is 1. The number of urea groups is 1. The molecule has 3 rings (SSSR count). The number of carbonyl (C=O) groups is 2. The number of piperidine rings is 1. The number of aliphatic hydroxyl groups excluding tert-OH is 1. The number of nitrogens with one attached hydrogen (secondary N) is 1. The number of hydrogen-bond donors (Lipinski definition) is 3. The molecular weight excluding hydrogens is 354 g/mol. The van der Waals surface area contributed by atoms with Crippen molar-refractivity contribution in [2.24, 2.45) is 11.7 Å². The summed E-state index contributed by atoms with van der Waals surface area (Å²) in [6.07, 6.45) is 2.81. The predicted octanol–water partition coefficient (Wildman–Crippen LogP) is 3.02. The topological polar surface area (TPSA) is 95.7 Å². The molecule has 2 aromatic rings. The summed E-state index contributed by atoms with van der Waals surface area (Å²) in [5.74, 6) is -0.313. The van der Waals surface area contributed by atoms with Crippen LogP contribution in [0.2, 0.25) is 0 Å². The number of amides is 3. The van der Waals surface area contributed by atoms with E-state index in [2.05, 4.69) is 17.4 Å². The molecule has 4 N–H and O–H groups in total. The molecule has 1 heterocycles. The van der Waals surface area contributed by atoms with E-state index in [-0.39, 0.29) is 18.1 Å². The molecule has 3 amide bonds. The van der Waals surface area contributed by atoms with Crippen LogP contribution in [0.5, 0.6) is 0 Å². The van der Waals surface area contributed by atoms with E-state index in [9.17, 15) is 14.7 Å². The van der Waals surface area contributed by atoms with E-state index < -0.39 is 5.91 Å². The first-order valence-electron chi connectivity index (χ1n) is 9.70. The van der Waals surface area contributed by atoms with Gasteiger partial charge in [-0.05, 0) is 55.4 Å². The Morgan fingerprint density at radius 3 is 2.50 bits per heavy atom. The van der Waals surface area contributed by atoms with Gasteiger partial charge in [0.15, 0.2) is 0 Å². The van der Waals surface area contributed by atoms with Crippen molar-refractivity contribution in [3.05, 3.63) is 65.7 Å². The van der Waals surface area contributed by atoms with Gasteiger partial charge in [-0.2, -0.15) is 0 Å². The number of likely N-dealkylation sites (tertiary alicyclic amines) is 1. The van der Waals surface area contributed by atoms with Gasteiger partial charge in [-0.25, -0.2) is 4.79 Å². The lowest BCUT2D eigenvalue weighted by atomic mass is 9.88. The molecule has 1 aliphatic heterocycles. The first kappa shape index (κ1) is 19.9. The monoisotopic (exact) mass is 381 g/mol. The van der Waals surface area contributed by atoms with Crippen LogP contribution in [-0.4, -0.2) is 41.1 Å². The zero-order valence-corrected chi connectivity index (χ0v) is 15.9. The summed E-state index contributed by atoms with van der Waals surface area (Å²) in [6.45, 7) is 1.21. The number of aryl methyl sites for hydroxylation is 1. The molecule has 0 unspecified atom stereocenters. The van der Waals surface area contributed by atoms with Gasteiger partial charge >= 0.3 is 6.03 Å². The van der Waals surface area contributed by atoms with Gasteiger partial charge in [-0.3, -0.25) is 4.79 Å². The quantitative estimate of drug-likeness (QED) is 0.718. The average molecular weight is 381 g/mol. The summed E-state index contributed by atoms with van der Waals surface area (Å²) in [5, 5.41) is 13.3. The molecule has 0 spiro atoms. The molecular formula is C22H27N3O3. The van der Waals surface area contributed by atoms with Gasteiger partial charge < -0.3 is 21.1 Å². The highest BCUT2D eigenvalue weighted by molar-refractivity contribution is 5.95. The maximum Gasteiger partial charge on any atom is 0.321 e. The van der Waals surface area contributed by atoms with E-state index in [1.165, 1.54) is 5.56 Å². The SMILES string of the molecule is NC(=O)c1cccc(NC(=O)N2CCC([C@H](O)CCc3ccccc3)CC2)c1. The van der Waals surface area contributed by atoms with Crippen LogP contribution >= 0.6 is 0 Å². The van der Waals surface area contributed by atoms with E-state index in [1.54, 1.807) is 29.2 Å². The lowest BCUT2D eigenvalue weighted by Crippen LogP contribution is -2.43. The van der Waals surface area contributed by atoms with E-state index >= 15 is 0 Å². The third kappa shape index (κ3) is 5.33. The molecule has 1 aliphatic rings. The molecule has 0 aromatic heterocycles. The molecule has 1 atom stereocenters. The number of rotatable bonds is 6. The summed E-state index contributed by atoms with van der Waals surface area (Å²) >= 11 is 0. The van der Waals surface area contributed by atoms with Crippen molar-refractivity contribution in [2.75, 3.05) is 18.4 Å². The Morgan fingerprint density at radius 1 is 1.11 bits per heavy atom. The fraction of sp³-hybridized carbons (Fsp3) is 0.364.